The number of nitrogens with zero attached hydrogens (tertiary/aromatic N) is 2. The second-order valence-electron chi connectivity index (χ2n) is 3.61. The molecule has 13 heavy (non-hydrogen) atoms. The molecule has 2 rings (SSSR count). The van der Waals surface area contributed by atoms with E-state index >= 15 is 0 Å². The van der Waals surface area contributed by atoms with Crippen molar-refractivity contribution in [3.63, 3.8) is 0 Å². The molecule has 0 N–H and O–H groups in total. The van der Waals surface area contributed by atoms with Gasteiger partial charge in [-0.1, -0.05) is 0 Å². The summed E-state index contributed by atoms with van der Waals surface area (Å²) < 4.78 is 27.4. The Labute approximate surface area is 75.6 Å². The molecule has 4 heteroatoms. The molecular weight excluding hydrogens is 174 g/mol. The third-order valence-corrected chi connectivity index (χ3v) is 2.56. The Balaban J connectivity index is 2.11. The highest BCUT2D eigenvalue weighted by atomic mass is 19.2. The molecule has 2 atom stereocenters. The van der Waals surface area contributed by atoms with Crippen LogP contribution in [-0.4, -0.2) is 22.1 Å². The summed E-state index contributed by atoms with van der Waals surface area (Å²) in [6.07, 6.45) is -0.246. The highest BCUT2D eigenvalue weighted by Crippen LogP contribution is 2.36. The summed E-state index contributed by atoms with van der Waals surface area (Å²) in [4.78, 5) is 0. The summed E-state index contributed by atoms with van der Waals surface area (Å²) in [7, 11) is 1.80. The van der Waals surface area contributed by atoms with E-state index in [9.17, 15) is 8.78 Å². The van der Waals surface area contributed by atoms with Gasteiger partial charge in [0.15, 0.2) is 0 Å². The lowest BCUT2D eigenvalue weighted by Crippen LogP contribution is -2.06. The second-order valence-corrected chi connectivity index (χ2v) is 3.61. The number of rotatable bonds is 1. The molecule has 0 saturated heterocycles. The largest absolute Gasteiger partial charge is 0.276 e. The first-order chi connectivity index (χ1) is 6.16. The summed E-state index contributed by atoms with van der Waals surface area (Å²) in [5, 5.41) is 4.14. The lowest BCUT2D eigenvalue weighted by molar-refractivity contribution is 0.199. The fourth-order valence-electron chi connectivity index (χ4n) is 1.83. The van der Waals surface area contributed by atoms with Crippen LogP contribution in [0.2, 0.25) is 0 Å². The van der Waals surface area contributed by atoms with Crippen LogP contribution >= 0.6 is 0 Å². The predicted molar refractivity (Wildman–Crippen MR) is 45.0 cm³/mol. The van der Waals surface area contributed by atoms with Gasteiger partial charge in [0.1, 0.15) is 12.3 Å². The molecule has 0 spiro atoms. The van der Waals surface area contributed by atoms with E-state index in [2.05, 4.69) is 5.10 Å². The van der Waals surface area contributed by atoms with Crippen LogP contribution in [-0.2, 0) is 7.05 Å². The normalized spacial score (nSPS) is 33.9. The van der Waals surface area contributed by atoms with Crippen molar-refractivity contribution >= 4 is 0 Å². The number of alkyl halides is 2. The molecule has 0 aromatic carbocycles. The van der Waals surface area contributed by atoms with E-state index in [-0.39, 0.29) is 18.8 Å². The molecule has 2 nitrogen and oxygen atoms in total. The molecule has 0 bridgehead atoms. The molecule has 72 valence electrons. The Morgan fingerprint density at radius 1 is 1.38 bits per heavy atom. The van der Waals surface area contributed by atoms with Crippen LogP contribution < -0.4 is 0 Å². The maximum absolute atomic E-state index is 12.9. The van der Waals surface area contributed by atoms with Crippen molar-refractivity contribution < 1.29 is 8.78 Å². The number of aryl methyl sites for hydroxylation is 1. The van der Waals surface area contributed by atoms with E-state index in [4.69, 9.17) is 0 Å². The van der Waals surface area contributed by atoms with E-state index in [1.807, 2.05) is 6.07 Å². The molecule has 0 radical (unpaired) electrons. The van der Waals surface area contributed by atoms with Crippen LogP contribution in [0.15, 0.2) is 12.3 Å². The third kappa shape index (κ3) is 1.57. The highest BCUT2D eigenvalue weighted by Gasteiger charge is 2.36. The van der Waals surface area contributed by atoms with Gasteiger partial charge in [-0.25, -0.2) is 8.78 Å². The van der Waals surface area contributed by atoms with Crippen molar-refractivity contribution in [1.82, 2.24) is 9.78 Å². The van der Waals surface area contributed by atoms with E-state index in [0.717, 1.165) is 5.69 Å². The van der Waals surface area contributed by atoms with Gasteiger partial charge in [-0.2, -0.15) is 5.10 Å². The predicted octanol–water partition coefficient (Wildman–Crippen LogP) is 1.97. The van der Waals surface area contributed by atoms with Crippen LogP contribution in [0.5, 0.6) is 0 Å². The maximum atomic E-state index is 12.9. The minimum atomic E-state index is -1.30. The Morgan fingerprint density at radius 3 is 2.46 bits per heavy atom. The summed E-state index contributed by atoms with van der Waals surface area (Å²) in [5.41, 5.74) is 0.810. The average Bonchev–Trinajstić information content (AvgIpc) is 2.61. The SMILES string of the molecule is Cn1ccc(C2CC(F)C(F)C2)n1. The topological polar surface area (TPSA) is 17.8 Å². The van der Waals surface area contributed by atoms with Crippen molar-refractivity contribution in [3.8, 4) is 0 Å². The molecule has 0 amide bonds. The second kappa shape index (κ2) is 3.09. The highest BCUT2D eigenvalue weighted by molar-refractivity contribution is 5.10. The van der Waals surface area contributed by atoms with Gasteiger partial charge in [0.05, 0.1) is 5.69 Å². The third-order valence-electron chi connectivity index (χ3n) is 2.56. The molecule has 1 aliphatic carbocycles. The van der Waals surface area contributed by atoms with Crippen LogP contribution in [0.3, 0.4) is 0 Å². The molecule has 1 saturated carbocycles. The molecule has 0 aliphatic heterocycles. The van der Waals surface area contributed by atoms with Gasteiger partial charge in [0, 0.05) is 19.2 Å². The van der Waals surface area contributed by atoms with Crippen molar-refractivity contribution in [3.05, 3.63) is 18.0 Å². The number of hydrogen-bond donors (Lipinski definition) is 0. The lowest BCUT2D eigenvalue weighted by Gasteiger charge is -2.02. The summed E-state index contributed by atoms with van der Waals surface area (Å²) in [6, 6.07) is 1.83. The summed E-state index contributed by atoms with van der Waals surface area (Å²) in [5.74, 6) is -0.0359. The van der Waals surface area contributed by atoms with E-state index < -0.39 is 12.3 Å². The van der Waals surface area contributed by atoms with Gasteiger partial charge in [-0.05, 0) is 18.9 Å². The van der Waals surface area contributed by atoms with E-state index in [1.165, 1.54) is 0 Å². The Bertz CT molecular complexity index is 288. The van der Waals surface area contributed by atoms with Gasteiger partial charge >= 0.3 is 0 Å². The minimum absolute atomic E-state index is 0.0359. The molecule has 1 aliphatic rings. The molecule has 1 fully saturated rings. The van der Waals surface area contributed by atoms with Crippen molar-refractivity contribution in [2.75, 3.05) is 0 Å². The molecule has 1 heterocycles. The standard InChI is InChI=1S/C9H12F2N2/c1-13-3-2-9(12-13)6-4-7(10)8(11)5-6/h2-3,6-8H,4-5H2,1H3. The van der Waals surface area contributed by atoms with Crippen LogP contribution in [0.1, 0.15) is 24.5 Å². The number of halogens is 2. The zero-order chi connectivity index (χ0) is 9.42. The fourth-order valence-corrected chi connectivity index (χ4v) is 1.83. The smallest absolute Gasteiger partial charge is 0.132 e. The van der Waals surface area contributed by atoms with Gasteiger partial charge in [-0.3, -0.25) is 4.68 Å². The molecule has 1 aromatic rings. The summed E-state index contributed by atoms with van der Waals surface area (Å²) in [6.45, 7) is 0. The Morgan fingerprint density at radius 2 is 2.00 bits per heavy atom. The zero-order valence-corrected chi connectivity index (χ0v) is 7.45. The maximum Gasteiger partial charge on any atom is 0.132 e. The van der Waals surface area contributed by atoms with Gasteiger partial charge < -0.3 is 0 Å². The summed E-state index contributed by atoms with van der Waals surface area (Å²) >= 11 is 0. The number of aromatic nitrogens is 2. The lowest BCUT2D eigenvalue weighted by atomic mass is 10.0. The molecule has 1 aromatic heterocycles. The molecule has 2 unspecified atom stereocenters. The Kier molecular flexibility index (Phi) is 2.06. The van der Waals surface area contributed by atoms with E-state index in [1.54, 1.807) is 17.9 Å². The van der Waals surface area contributed by atoms with Gasteiger partial charge in [-0.15, -0.1) is 0 Å². The first-order valence-electron chi connectivity index (χ1n) is 4.44. The van der Waals surface area contributed by atoms with E-state index in [0.29, 0.717) is 0 Å². The first kappa shape index (κ1) is 8.66. The van der Waals surface area contributed by atoms with Crippen molar-refractivity contribution in [1.29, 1.82) is 0 Å². The Hall–Kier alpha value is -0.930. The minimum Gasteiger partial charge on any atom is -0.276 e. The van der Waals surface area contributed by atoms with Gasteiger partial charge in [0.25, 0.3) is 0 Å². The van der Waals surface area contributed by atoms with Crippen LogP contribution in [0.25, 0.3) is 0 Å². The fraction of sp³-hybridized carbons (Fsp3) is 0.667. The molecular formula is C9H12F2N2. The monoisotopic (exact) mass is 186 g/mol. The van der Waals surface area contributed by atoms with Crippen molar-refractivity contribution in [2.45, 2.75) is 31.1 Å². The van der Waals surface area contributed by atoms with Crippen molar-refractivity contribution in [2.24, 2.45) is 7.05 Å². The first-order valence-corrected chi connectivity index (χ1v) is 4.44. The number of hydrogen-bond acceptors (Lipinski definition) is 1. The quantitative estimate of drug-likeness (QED) is 0.655. The van der Waals surface area contributed by atoms with Crippen LogP contribution in [0.4, 0.5) is 8.78 Å². The zero-order valence-electron chi connectivity index (χ0n) is 7.45. The average molecular weight is 186 g/mol. The van der Waals surface area contributed by atoms with Crippen LogP contribution in [0, 0.1) is 0 Å². The van der Waals surface area contributed by atoms with Gasteiger partial charge in [0.2, 0.25) is 0 Å².